The number of phosphoric ester groups is 1. The number of phenols is 1. The average molecular weight is 353 g/mol. The van der Waals surface area contributed by atoms with Gasteiger partial charge < -0.3 is 19.3 Å². The van der Waals surface area contributed by atoms with Gasteiger partial charge in [-0.3, -0.25) is 4.52 Å². The molecule has 0 fully saturated rings. The molecule has 0 amide bonds. The number of oxazole rings is 1. The SMILES string of the molecule is C=Cc1cc(O)cc2nc(C3=CCC(OP(=O)(O)O)C(F)=C3)oc12. The third-order valence-corrected chi connectivity index (χ3v) is 3.92. The molecule has 0 radical (unpaired) electrons. The summed E-state index contributed by atoms with van der Waals surface area (Å²) in [7, 11) is -4.79. The van der Waals surface area contributed by atoms with Crippen molar-refractivity contribution in [1.29, 1.82) is 0 Å². The number of phenolic OH excluding ortho intramolecular Hbond substituents is 1. The lowest BCUT2D eigenvalue weighted by atomic mass is 10.0. The zero-order valence-corrected chi connectivity index (χ0v) is 13.1. The minimum atomic E-state index is -4.79. The number of aromatic nitrogens is 1. The number of rotatable bonds is 4. The summed E-state index contributed by atoms with van der Waals surface area (Å²) in [6.07, 6.45) is 2.60. The van der Waals surface area contributed by atoms with E-state index in [1.54, 1.807) is 0 Å². The van der Waals surface area contributed by atoms with Crippen LogP contribution in [0.15, 0.2) is 41.1 Å². The maximum Gasteiger partial charge on any atom is 0.470 e. The van der Waals surface area contributed by atoms with Crippen molar-refractivity contribution >= 4 is 30.6 Å². The van der Waals surface area contributed by atoms with Gasteiger partial charge in [0, 0.05) is 17.2 Å². The molecule has 0 aliphatic heterocycles. The summed E-state index contributed by atoms with van der Waals surface area (Å²) in [5.41, 5.74) is 1.61. The zero-order chi connectivity index (χ0) is 17.5. The van der Waals surface area contributed by atoms with Gasteiger partial charge in [0.15, 0.2) is 5.58 Å². The van der Waals surface area contributed by atoms with Crippen LogP contribution in [0.2, 0.25) is 0 Å². The number of benzene rings is 1. The molecule has 24 heavy (non-hydrogen) atoms. The van der Waals surface area contributed by atoms with Gasteiger partial charge in [-0.2, -0.15) is 0 Å². The van der Waals surface area contributed by atoms with Crippen molar-refractivity contribution in [1.82, 2.24) is 4.98 Å². The standard InChI is InChI=1S/C15H13FNO6P/c1-2-8-5-10(18)7-12-14(8)22-15(17-12)9-3-4-13(11(16)6-9)23-24(19,20)21/h2-3,5-7,13,18H,1,4H2,(H2,19,20,21). The molecule has 1 unspecified atom stereocenters. The molecule has 1 heterocycles. The molecule has 1 aromatic carbocycles. The summed E-state index contributed by atoms with van der Waals surface area (Å²) in [6.45, 7) is 3.62. The summed E-state index contributed by atoms with van der Waals surface area (Å²) in [5.74, 6) is -0.736. The fourth-order valence-electron chi connectivity index (χ4n) is 2.37. The van der Waals surface area contributed by atoms with Crippen molar-refractivity contribution in [2.75, 3.05) is 0 Å². The van der Waals surface area contributed by atoms with Crippen LogP contribution in [-0.2, 0) is 9.09 Å². The van der Waals surface area contributed by atoms with Crippen LogP contribution >= 0.6 is 7.82 Å². The Morgan fingerprint density at radius 3 is 2.83 bits per heavy atom. The molecule has 1 aromatic heterocycles. The Kier molecular flexibility index (Phi) is 4.15. The second-order valence-corrected chi connectivity index (χ2v) is 6.31. The maximum absolute atomic E-state index is 14.0. The molecule has 0 saturated carbocycles. The minimum absolute atomic E-state index is 0.00768. The van der Waals surface area contributed by atoms with E-state index in [1.807, 2.05) is 0 Å². The fraction of sp³-hybridized carbons (Fsp3) is 0.133. The van der Waals surface area contributed by atoms with Gasteiger partial charge in [-0.1, -0.05) is 18.7 Å². The van der Waals surface area contributed by atoms with E-state index in [1.165, 1.54) is 24.3 Å². The van der Waals surface area contributed by atoms with Crippen molar-refractivity contribution in [3.05, 3.63) is 48.1 Å². The number of fused-ring (bicyclic) bond motifs is 1. The van der Waals surface area contributed by atoms with Crippen LogP contribution in [0.5, 0.6) is 5.75 Å². The van der Waals surface area contributed by atoms with Gasteiger partial charge in [0.05, 0.1) is 0 Å². The van der Waals surface area contributed by atoms with E-state index in [-0.39, 0.29) is 18.1 Å². The monoisotopic (exact) mass is 353 g/mol. The van der Waals surface area contributed by atoms with Gasteiger partial charge >= 0.3 is 7.82 Å². The smallest absolute Gasteiger partial charge is 0.470 e. The van der Waals surface area contributed by atoms with E-state index >= 15 is 0 Å². The Labute approximate surface area is 135 Å². The Balaban J connectivity index is 1.95. The lowest BCUT2D eigenvalue weighted by Crippen LogP contribution is -2.14. The van der Waals surface area contributed by atoms with Crippen LogP contribution in [-0.4, -0.2) is 26.0 Å². The highest BCUT2D eigenvalue weighted by Crippen LogP contribution is 2.42. The second-order valence-electron chi connectivity index (χ2n) is 5.12. The molecule has 0 spiro atoms. The number of hydrogen-bond acceptors (Lipinski definition) is 5. The van der Waals surface area contributed by atoms with Crippen LogP contribution in [0.3, 0.4) is 0 Å². The highest BCUT2D eigenvalue weighted by molar-refractivity contribution is 7.46. The number of halogens is 1. The highest BCUT2D eigenvalue weighted by Gasteiger charge is 2.28. The Morgan fingerprint density at radius 2 is 2.21 bits per heavy atom. The second kappa shape index (κ2) is 5.99. The summed E-state index contributed by atoms with van der Waals surface area (Å²) in [6, 6.07) is 2.86. The molecule has 9 heteroatoms. The van der Waals surface area contributed by atoms with Crippen molar-refractivity contribution < 1.29 is 32.8 Å². The Morgan fingerprint density at radius 1 is 1.46 bits per heavy atom. The third-order valence-electron chi connectivity index (χ3n) is 3.39. The van der Waals surface area contributed by atoms with Crippen LogP contribution < -0.4 is 0 Å². The highest BCUT2D eigenvalue weighted by atomic mass is 31.2. The van der Waals surface area contributed by atoms with Gasteiger partial charge in [-0.25, -0.2) is 13.9 Å². The number of hydrogen-bond donors (Lipinski definition) is 3. The van der Waals surface area contributed by atoms with Crippen molar-refractivity contribution in [2.24, 2.45) is 0 Å². The molecular weight excluding hydrogens is 340 g/mol. The summed E-state index contributed by atoms with van der Waals surface area (Å²) in [4.78, 5) is 21.7. The Bertz CT molecular complexity index is 925. The molecule has 2 aromatic rings. The van der Waals surface area contributed by atoms with E-state index < -0.39 is 19.8 Å². The molecule has 1 atom stereocenters. The molecule has 1 aliphatic carbocycles. The molecule has 1 aliphatic rings. The summed E-state index contributed by atoms with van der Waals surface area (Å²) >= 11 is 0. The molecule has 7 nitrogen and oxygen atoms in total. The number of nitrogens with zero attached hydrogens (tertiary/aromatic N) is 1. The first-order valence-electron chi connectivity index (χ1n) is 6.84. The first-order valence-corrected chi connectivity index (χ1v) is 8.37. The predicted octanol–water partition coefficient (Wildman–Crippen LogP) is 3.29. The molecular formula is C15H13FNO6P. The van der Waals surface area contributed by atoms with E-state index in [2.05, 4.69) is 16.1 Å². The summed E-state index contributed by atoms with van der Waals surface area (Å²) < 4.78 is 34.8. The molecule has 0 saturated heterocycles. The zero-order valence-electron chi connectivity index (χ0n) is 12.2. The molecule has 3 N–H and O–H groups in total. The van der Waals surface area contributed by atoms with E-state index in [0.717, 1.165) is 6.08 Å². The fourth-order valence-corrected chi connectivity index (χ4v) is 2.89. The van der Waals surface area contributed by atoms with Gasteiger partial charge in [-0.15, -0.1) is 0 Å². The van der Waals surface area contributed by atoms with Gasteiger partial charge in [0.25, 0.3) is 0 Å². The number of phosphoric acid groups is 1. The van der Waals surface area contributed by atoms with Gasteiger partial charge in [-0.05, 0) is 18.6 Å². The number of allylic oxidation sites excluding steroid dienone is 2. The first-order chi connectivity index (χ1) is 11.3. The lowest BCUT2D eigenvalue weighted by Gasteiger charge is -2.18. The van der Waals surface area contributed by atoms with E-state index in [9.17, 15) is 14.1 Å². The van der Waals surface area contributed by atoms with Gasteiger partial charge in [0.2, 0.25) is 5.89 Å². The van der Waals surface area contributed by atoms with Crippen molar-refractivity contribution in [3.8, 4) is 5.75 Å². The topological polar surface area (TPSA) is 113 Å². The minimum Gasteiger partial charge on any atom is -0.508 e. The van der Waals surface area contributed by atoms with Crippen LogP contribution in [0.4, 0.5) is 4.39 Å². The predicted molar refractivity (Wildman–Crippen MR) is 84.5 cm³/mol. The normalized spacial score (nSPS) is 18.4. The summed E-state index contributed by atoms with van der Waals surface area (Å²) in [5, 5.41) is 9.64. The average Bonchev–Trinajstić information content (AvgIpc) is 2.90. The van der Waals surface area contributed by atoms with E-state index in [0.29, 0.717) is 22.2 Å². The third kappa shape index (κ3) is 3.32. The lowest BCUT2D eigenvalue weighted by molar-refractivity contribution is 0.139. The van der Waals surface area contributed by atoms with Crippen molar-refractivity contribution in [3.63, 3.8) is 0 Å². The molecule has 126 valence electrons. The molecule has 3 rings (SSSR count). The Hall–Kier alpha value is -2.25. The number of aromatic hydroxyl groups is 1. The van der Waals surface area contributed by atoms with Gasteiger partial charge in [0.1, 0.15) is 23.2 Å². The molecule has 0 bridgehead atoms. The van der Waals surface area contributed by atoms with E-state index in [4.69, 9.17) is 14.2 Å². The van der Waals surface area contributed by atoms with Crippen LogP contribution in [0.1, 0.15) is 17.9 Å². The quantitative estimate of drug-likeness (QED) is 0.723. The largest absolute Gasteiger partial charge is 0.508 e. The van der Waals surface area contributed by atoms with Crippen LogP contribution in [0.25, 0.3) is 22.7 Å². The van der Waals surface area contributed by atoms with Crippen LogP contribution in [0, 0.1) is 0 Å². The first kappa shape index (κ1) is 16.6. The van der Waals surface area contributed by atoms with Crippen molar-refractivity contribution in [2.45, 2.75) is 12.5 Å². The maximum atomic E-state index is 14.0.